The van der Waals surface area contributed by atoms with E-state index in [1.165, 1.54) is 71.1 Å². The number of rotatable bonds is 4. The number of hydrogen-bond acceptors (Lipinski definition) is 2. The second-order valence-electron chi connectivity index (χ2n) is 6.37. The molecular weight excluding hydrogens is 208 g/mol. The van der Waals surface area contributed by atoms with Crippen molar-refractivity contribution in [2.75, 3.05) is 26.2 Å². The minimum Gasteiger partial charge on any atom is -0.310 e. The molecule has 0 radical (unpaired) electrons. The first-order valence-corrected chi connectivity index (χ1v) is 7.71. The lowest BCUT2D eigenvalue weighted by Crippen LogP contribution is -2.50. The maximum absolute atomic E-state index is 3.81. The van der Waals surface area contributed by atoms with Crippen molar-refractivity contribution in [3.63, 3.8) is 0 Å². The third kappa shape index (κ3) is 3.69. The Balaban J connectivity index is 1.88. The summed E-state index contributed by atoms with van der Waals surface area (Å²) in [6.07, 6.45) is 9.70. The first kappa shape index (κ1) is 13.4. The van der Waals surface area contributed by atoms with Crippen LogP contribution in [0.15, 0.2) is 0 Å². The van der Waals surface area contributed by atoms with Gasteiger partial charge < -0.3 is 10.2 Å². The van der Waals surface area contributed by atoms with Crippen LogP contribution in [-0.2, 0) is 0 Å². The summed E-state index contributed by atoms with van der Waals surface area (Å²) in [5.74, 6) is 0.943. The van der Waals surface area contributed by atoms with Crippen LogP contribution in [0.3, 0.4) is 0 Å². The highest BCUT2D eigenvalue weighted by atomic mass is 15.2. The molecule has 0 saturated carbocycles. The van der Waals surface area contributed by atoms with Crippen molar-refractivity contribution >= 4 is 0 Å². The molecule has 2 rings (SSSR count). The number of nitrogens with one attached hydrogen (secondary N) is 1. The summed E-state index contributed by atoms with van der Waals surface area (Å²) in [6, 6.07) is 0. The zero-order valence-electron chi connectivity index (χ0n) is 11.8. The Morgan fingerprint density at radius 1 is 1.24 bits per heavy atom. The smallest absolute Gasteiger partial charge is 0.0309 e. The Bertz CT molecular complexity index is 221. The molecule has 0 aliphatic carbocycles. The van der Waals surface area contributed by atoms with E-state index in [-0.39, 0.29) is 0 Å². The maximum atomic E-state index is 3.81. The van der Waals surface area contributed by atoms with Crippen LogP contribution >= 0.6 is 0 Å². The molecule has 1 N–H and O–H groups in total. The molecule has 2 heteroatoms. The number of hydrogen-bond donors (Lipinski definition) is 1. The second-order valence-corrected chi connectivity index (χ2v) is 6.37. The van der Waals surface area contributed by atoms with Crippen LogP contribution < -0.4 is 5.32 Å². The minimum atomic E-state index is 0.461. The highest BCUT2D eigenvalue weighted by Gasteiger charge is 2.34. The minimum absolute atomic E-state index is 0.461. The zero-order chi connectivity index (χ0) is 12.1. The van der Waals surface area contributed by atoms with Crippen molar-refractivity contribution in [2.45, 2.75) is 64.3 Å². The molecule has 2 fully saturated rings. The topological polar surface area (TPSA) is 15.3 Å². The van der Waals surface area contributed by atoms with Crippen LogP contribution in [0.1, 0.15) is 58.8 Å². The van der Waals surface area contributed by atoms with Gasteiger partial charge in [-0.3, -0.25) is 0 Å². The van der Waals surface area contributed by atoms with E-state index in [4.69, 9.17) is 0 Å². The van der Waals surface area contributed by atoms with Gasteiger partial charge in [-0.05, 0) is 64.1 Å². The van der Waals surface area contributed by atoms with Gasteiger partial charge in [-0.15, -0.1) is 0 Å². The molecule has 2 saturated heterocycles. The first-order valence-electron chi connectivity index (χ1n) is 7.71. The predicted octanol–water partition coefficient (Wildman–Crippen LogP) is 3.03. The average Bonchev–Trinajstić information content (AvgIpc) is 2.65. The van der Waals surface area contributed by atoms with Gasteiger partial charge in [0.1, 0.15) is 0 Å². The summed E-state index contributed by atoms with van der Waals surface area (Å²) in [5, 5.41) is 3.81. The van der Waals surface area contributed by atoms with E-state index in [2.05, 4.69) is 24.1 Å². The Labute approximate surface area is 107 Å². The highest BCUT2D eigenvalue weighted by Crippen LogP contribution is 2.27. The van der Waals surface area contributed by atoms with E-state index >= 15 is 0 Å². The molecule has 100 valence electrons. The van der Waals surface area contributed by atoms with Crippen LogP contribution in [-0.4, -0.2) is 36.6 Å². The molecule has 2 nitrogen and oxygen atoms in total. The molecular formula is C15H30N2. The van der Waals surface area contributed by atoms with E-state index in [0.29, 0.717) is 5.54 Å². The third-order valence-electron chi connectivity index (χ3n) is 4.70. The molecule has 0 spiro atoms. The van der Waals surface area contributed by atoms with Crippen LogP contribution in [0.4, 0.5) is 0 Å². The largest absolute Gasteiger partial charge is 0.310 e. The van der Waals surface area contributed by atoms with E-state index < -0.39 is 0 Å². The zero-order valence-corrected chi connectivity index (χ0v) is 11.8. The summed E-state index contributed by atoms with van der Waals surface area (Å²) in [6.45, 7) is 9.94. The Morgan fingerprint density at radius 2 is 2.12 bits per heavy atom. The molecule has 2 heterocycles. The van der Waals surface area contributed by atoms with E-state index in [1.54, 1.807) is 0 Å². The Hall–Kier alpha value is -0.0800. The van der Waals surface area contributed by atoms with Gasteiger partial charge in [-0.25, -0.2) is 0 Å². The summed E-state index contributed by atoms with van der Waals surface area (Å²) >= 11 is 0. The second kappa shape index (κ2) is 6.19. The van der Waals surface area contributed by atoms with Crippen molar-refractivity contribution < 1.29 is 0 Å². The van der Waals surface area contributed by atoms with E-state index in [9.17, 15) is 0 Å². The van der Waals surface area contributed by atoms with Crippen molar-refractivity contribution in [3.05, 3.63) is 0 Å². The van der Waals surface area contributed by atoms with Gasteiger partial charge in [0.15, 0.2) is 0 Å². The third-order valence-corrected chi connectivity index (χ3v) is 4.70. The van der Waals surface area contributed by atoms with Gasteiger partial charge in [0, 0.05) is 12.1 Å². The van der Waals surface area contributed by atoms with Gasteiger partial charge in [0.05, 0.1) is 0 Å². The molecule has 17 heavy (non-hydrogen) atoms. The number of likely N-dealkylation sites (tertiary alicyclic amines) is 1. The van der Waals surface area contributed by atoms with E-state index in [0.717, 1.165) is 5.92 Å². The van der Waals surface area contributed by atoms with Gasteiger partial charge in [0.25, 0.3) is 0 Å². The van der Waals surface area contributed by atoms with Crippen LogP contribution in [0.5, 0.6) is 0 Å². The lowest BCUT2D eigenvalue weighted by Gasteiger charge is -2.35. The number of nitrogens with zero attached hydrogens (tertiary/aromatic N) is 1. The van der Waals surface area contributed by atoms with Gasteiger partial charge in [0.2, 0.25) is 0 Å². The summed E-state index contributed by atoms with van der Waals surface area (Å²) in [4.78, 5) is 2.73. The summed E-state index contributed by atoms with van der Waals surface area (Å²) < 4.78 is 0. The maximum Gasteiger partial charge on any atom is 0.0309 e. The quantitative estimate of drug-likeness (QED) is 0.810. The van der Waals surface area contributed by atoms with Crippen LogP contribution in [0, 0.1) is 5.92 Å². The van der Waals surface area contributed by atoms with Crippen molar-refractivity contribution in [3.8, 4) is 0 Å². The Kier molecular flexibility index (Phi) is 4.87. The molecule has 2 atom stereocenters. The van der Waals surface area contributed by atoms with Crippen LogP contribution in [0.2, 0.25) is 0 Å². The summed E-state index contributed by atoms with van der Waals surface area (Å²) in [5.41, 5.74) is 0.461. The molecule has 0 aromatic rings. The summed E-state index contributed by atoms with van der Waals surface area (Å²) in [7, 11) is 0. The highest BCUT2D eigenvalue weighted by molar-refractivity contribution is 4.95. The predicted molar refractivity (Wildman–Crippen MR) is 74.3 cm³/mol. The monoisotopic (exact) mass is 238 g/mol. The fourth-order valence-corrected chi connectivity index (χ4v) is 3.68. The van der Waals surface area contributed by atoms with Crippen molar-refractivity contribution in [2.24, 2.45) is 5.92 Å². The first-order chi connectivity index (χ1) is 8.24. The van der Waals surface area contributed by atoms with Crippen LogP contribution in [0.25, 0.3) is 0 Å². The molecule has 2 aliphatic heterocycles. The normalized spacial score (nSPS) is 36.0. The average molecular weight is 238 g/mol. The van der Waals surface area contributed by atoms with Crippen molar-refractivity contribution in [1.29, 1.82) is 0 Å². The standard InChI is InChI=1S/C15H30N2/c1-3-8-15(9-5-10-16-15)13-17-11-4-6-14(2)7-12-17/h14,16H,3-13H2,1-2H3. The SMILES string of the molecule is CCCC1(CN2CCCC(C)CC2)CCCN1. The lowest BCUT2D eigenvalue weighted by atomic mass is 9.91. The van der Waals surface area contributed by atoms with Gasteiger partial charge in [-0.1, -0.05) is 20.3 Å². The Morgan fingerprint density at radius 3 is 2.82 bits per heavy atom. The van der Waals surface area contributed by atoms with Gasteiger partial charge >= 0.3 is 0 Å². The van der Waals surface area contributed by atoms with E-state index in [1.807, 2.05) is 0 Å². The molecule has 0 amide bonds. The fraction of sp³-hybridized carbons (Fsp3) is 1.00. The van der Waals surface area contributed by atoms with Gasteiger partial charge in [-0.2, -0.15) is 0 Å². The lowest BCUT2D eigenvalue weighted by molar-refractivity contribution is 0.186. The molecule has 0 bridgehead atoms. The van der Waals surface area contributed by atoms with Crippen molar-refractivity contribution in [1.82, 2.24) is 10.2 Å². The molecule has 2 aliphatic rings. The fourth-order valence-electron chi connectivity index (χ4n) is 3.68. The molecule has 2 unspecified atom stereocenters. The molecule has 0 aromatic carbocycles. The molecule has 0 aromatic heterocycles.